The van der Waals surface area contributed by atoms with Crippen molar-refractivity contribution in [3.8, 4) is 5.75 Å². The summed E-state index contributed by atoms with van der Waals surface area (Å²) in [5.41, 5.74) is 2.66. The quantitative estimate of drug-likeness (QED) is 0.183. The van der Waals surface area contributed by atoms with Gasteiger partial charge in [-0.25, -0.2) is 14.8 Å². The zero-order valence-corrected chi connectivity index (χ0v) is 21.9. The van der Waals surface area contributed by atoms with Crippen LogP contribution in [-0.2, 0) is 16.1 Å². The normalized spacial score (nSPS) is 10.9. The first-order valence-corrected chi connectivity index (χ1v) is 12.7. The summed E-state index contributed by atoms with van der Waals surface area (Å²) in [5.74, 6) is 1.35. The first-order valence-electron chi connectivity index (χ1n) is 12.3. The molecule has 36 heavy (non-hydrogen) atoms. The lowest BCUT2D eigenvalue weighted by molar-refractivity contribution is -0.146. The predicted octanol–water partition coefficient (Wildman–Crippen LogP) is 6.64. The molecule has 0 fully saturated rings. The summed E-state index contributed by atoms with van der Waals surface area (Å²) in [5, 5.41) is 4.76. The van der Waals surface area contributed by atoms with Crippen LogP contribution in [0.5, 0.6) is 5.75 Å². The number of aromatic amines is 1. The van der Waals surface area contributed by atoms with Gasteiger partial charge in [-0.3, -0.25) is 0 Å². The number of aryl methyl sites for hydroxylation is 1. The molecule has 3 aromatic rings. The number of hydrogen-bond donors (Lipinski definition) is 2. The minimum absolute atomic E-state index is 0. The fourth-order valence-corrected chi connectivity index (χ4v) is 3.93. The van der Waals surface area contributed by atoms with Crippen LogP contribution < -0.4 is 10.1 Å². The van der Waals surface area contributed by atoms with Crippen molar-refractivity contribution < 1.29 is 14.3 Å². The standard InChI is InChI=1S/C26H36ClN5O3.CH4/c1-5-7-9-12-32(4)16-19-15-28-25-24(19)26(30-18(3)29-25)31-20-10-11-21(27)22(14-20)35-17-23(33)34-13-8-6-2;/h10-11,14-15H,5-9,12-13,16-17H2,1-4H3,(H2,28,29,30,31);1H4. The number of H-pyrrole nitrogens is 1. The molecule has 0 atom stereocenters. The Kier molecular flexibility index (Phi) is 12.0. The molecule has 2 heterocycles. The van der Waals surface area contributed by atoms with Gasteiger partial charge in [-0.1, -0.05) is 52.1 Å². The number of anilines is 2. The van der Waals surface area contributed by atoms with Crippen molar-refractivity contribution in [1.82, 2.24) is 19.9 Å². The first-order chi connectivity index (χ1) is 16.9. The Morgan fingerprint density at radius 2 is 1.94 bits per heavy atom. The Labute approximate surface area is 219 Å². The molecule has 9 heteroatoms. The van der Waals surface area contributed by atoms with E-state index in [1.807, 2.05) is 26.1 Å². The summed E-state index contributed by atoms with van der Waals surface area (Å²) in [6.45, 7) is 8.14. The number of ether oxygens (including phenoxy) is 2. The van der Waals surface area contributed by atoms with E-state index in [9.17, 15) is 4.79 Å². The van der Waals surface area contributed by atoms with Crippen LogP contribution in [0.2, 0.25) is 5.02 Å². The number of rotatable bonds is 14. The minimum atomic E-state index is -0.416. The van der Waals surface area contributed by atoms with Crippen LogP contribution in [-0.4, -0.2) is 52.6 Å². The second kappa shape index (κ2) is 14.7. The number of nitrogens with zero attached hydrogens (tertiary/aromatic N) is 3. The molecular weight excluding hydrogens is 478 g/mol. The van der Waals surface area contributed by atoms with E-state index < -0.39 is 5.97 Å². The van der Waals surface area contributed by atoms with E-state index in [1.54, 1.807) is 12.1 Å². The van der Waals surface area contributed by atoms with Gasteiger partial charge in [-0.2, -0.15) is 0 Å². The molecule has 2 aromatic heterocycles. The van der Waals surface area contributed by atoms with Gasteiger partial charge < -0.3 is 24.7 Å². The molecule has 3 rings (SSSR count). The highest BCUT2D eigenvalue weighted by molar-refractivity contribution is 6.32. The lowest BCUT2D eigenvalue weighted by Gasteiger charge is -2.17. The van der Waals surface area contributed by atoms with Gasteiger partial charge in [0.05, 0.1) is 17.0 Å². The molecule has 0 amide bonds. The third-order valence-electron chi connectivity index (χ3n) is 5.61. The molecule has 0 saturated carbocycles. The zero-order chi connectivity index (χ0) is 25.2. The number of unbranched alkanes of at least 4 members (excludes halogenated alkanes) is 3. The summed E-state index contributed by atoms with van der Waals surface area (Å²) in [6.07, 6.45) is 7.40. The molecule has 0 saturated heterocycles. The van der Waals surface area contributed by atoms with E-state index in [2.05, 4.69) is 39.1 Å². The Morgan fingerprint density at radius 1 is 1.17 bits per heavy atom. The van der Waals surface area contributed by atoms with E-state index in [1.165, 1.54) is 19.3 Å². The zero-order valence-electron chi connectivity index (χ0n) is 21.1. The molecule has 0 aliphatic heterocycles. The van der Waals surface area contributed by atoms with Crippen molar-refractivity contribution in [2.45, 2.75) is 66.8 Å². The van der Waals surface area contributed by atoms with Crippen molar-refractivity contribution in [3.05, 3.63) is 40.8 Å². The SMILES string of the molecule is C.CCCCCN(C)Cc1c[nH]c2nc(C)nc(Nc3ccc(Cl)c(OCC(=O)OCCCC)c3)c12. The minimum Gasteiger partial charge on any atom is -0.480 e. The van der Waals surface area contributed by atoms with Gasteiger partial charge in [0, 0.05) is 24.5 Å². The molecule has 0 aliphatic carbocycles. The number of carbonyl (C=O) groups excluding carboxylic acids is 1. The van der Waals surface area contributed by atoms with Gasteiger partial charge in [-0.15, -0.1) is 0 Å². The van der Waals surface area contributed by atoms with E-state index in [0.29, 0.717) is 29.0 Å². The molecule has 0 aliphatic rings. The van der Waals surface area contributed by atoms with Crippen molar-refractivity contribution in [3.63, 3.8) is 0 Å². The average Bonchev–Trinajstić information content (AvgIpc) is 3.22. The van der Waals surface area contributed by atoms with Crippen LogP contribution in [0.3, 0.4) is 0 Å². The number of esters is 1. The highest BCUT2D eigenvalue weighted by Gasteiger charge is 2.15. The lowest BCUT2D eigenvalue weighted by Crippen LogP contribution is -2.19. The molecule has 0 unspecified atom stereocenters. The van der Waals surface area contributed by atoms with Gasteiger partial charge in [0.15, 0.2) is 6.61 Å². The Bertz CT molecular complexity index is 1120. The summed E-state index contributed by atoms with van der Waals surface area (Å²) in [6, 6.07) is 5.34. The van der Waals surface area contributed by atoms with E-state index >= 15 is 0 Å². The van der Waals surface area contributed by atoms with Gasteiger partial charge in [0.25, 0.3) is 0 Å². The van der Waals surface area contributed by atoms with Crippen molar-refractivity contribution in [2.24, 2.45) is 0 Å². The Hall–Kier alpha value is -2.84. The molecule has 198 valence electrons. The van der Waals surface area contributed by atoms with E-state index in [-0.39, 0.29) is 14.0 Å². The van der Waals surface area contributed by atoms with E-state index in [4.69, 9.17) is 21.1 Å². The second-order valence-corrected chi connectivity index (χ2v) is 9.14. The summed E-state index contributed by atoms with van der Waals surface area (Å²) >= 11 is 6.31. The average molecular weight is 518 g/mol. The fourth-order valence-electron chi connectivity index (χ4n) is 3.76. The number of aromatic nitrogens is 3. The van der Waals surface area contributed by atoms with Crippen LogP contribution in [0.1, 0.15) is 64.8 Å². The maximum Gasteiger partial charge on any atom is 0.344 e. The molecule has 8 nitrogen and oxygen atoms in total. The monoisotopic (exact) mass is 517 g/mol. The van der Waals surface area contributed by atoms with Gasteiger partial charge in [-0.05, 0) is 51.1 Å². The fraction of sp³-hybridized carbons (Fsp3) is 0.519. The summed E-state index contributed by atoms with van der Waals surface area (Å²) in [7, 11) is 2.13. The van der Waals surface area contributed by atoms with Gasteiger partial charge in [0.2, 0.25) is 0 Å². The van der Waals surface area contributed by atoms with Crippen LogP contribution in [0.4, 0.5) is 11.5 Å². The largest absolute Gasteiger partial charge is 0.480 e. The maximum atomic E-state index is 11.9. The van der Waals surface area contributed by atoms with Crippen LogP contribution >= 0.6 is 11.6 Å². The van der Waals surface area contributed by atoms with Crippen molar-refractivity contribution in [2.75, 3.05) is 32.1 Å². The van der Waals surface area contributed by atoms with Crippen molar-refractivity contribution in [1.29, 1.82) is 0 Å². The molecule has 0 bridgehead atoms. The van der Waals surface area contributed by atoms with Crippen LogP contribution in [0, 0.1) is 6.92 Å². The number of hydrogen-bond acceptors (Lipinski definition) is 7. The first kappa shape index (κ1) is 29.4. The molecular formula is C27H40ClN5O3. The van der Waals surface area contributed by atoms with Crippen LogP contribution in [0.25, 0.3) is 11.0 Å². The topological polar surface area (TPSA) is 92.4 Å². The number of nitrogens with one attached hydrogen (secondary N) is 2. The number of halogens is 1. The molecule has 0 spiro atoms. The predicted molar refractivity (Wildman–Crippen MR) is 147 cm³/mol. The summed E-state index contributed by atoms with van der Waals surface area (Å²) in [4.78, 5) is 26.8. The number of benzene rings is 1. The molecule has 1 aromatic carbocycles. The summed E-state index contributed by atoms with van der Waals surface area (Å²) < 4.78 is 10.8. The number of fused-ring (bicyclic) bond motifs is 1. The second-order valence-electron chi connectivity index (χ2n) is 8.73. The van der Waals surface area contributed by atoms with Gasteiger partial charge in [0.1, 0.15) is 23.0 Å². The lowest BCUT2D eigenvalue weighted by atomic mass is 10.2. The Morgan fingerprint density at radius 3 is 2.69 bits per heavy atom. The highest BCUT2D eigenvalue weighted by atomic mass is 35.5. The maximum absolute atomic E-state index is 11.9. The van der Waals surface area contributed by atoms with Crippen LogP contribution in [0.15, 0.2) is 24.4 Å². The van der Waals surface area contributed by atoms with Crippen molar-refractivity contribution >= 4 is 40.1 Å². The molecule has 0 radical (unpaired) electrons. The smallest absolute Gasteiger partial charge is 0.344 e. The Balaban J connectivity index is 0.00000456. The number of carbonyl (C=O) groups is 1. The third-order valence-corrected chi connectivity index (χ3v) is 5.92. The molecule has 2 N–H and O–H groups in total. The van der Waals surface area contributed by atoms with E-state index in [0.717, 1.165) is 48.2 Å². The third kappa shape index (κ3) is 8.38. The highest BCUT2D eigenvalue weighted by Crippen LogP contribution is 2.32. The van der Waals surface area contributed by atoms with Gasteiger partial charge >= 0.3 is 5.97 Å².